The summed E-state index contributed by atoms with van der Waals surface area (Å²) in [5, 5.41) is 8.06. The smallest absolute Gasteiger partial charge is 0.410 e. The lowest BCUT2D eigenvalue weighted by Gasteiger charge is -2.35. The minimum Gasteiger partial charge on any atom is -0.493 e. The third kappa shape index (κ3) is 8.44. The molecule has 5 aromatic rings. The van der Waals surface area contributed by atoms with Gasteiger partial charge in [-0.2, -0.15) is 5.10 Å². The zero-order chi connectivity index (χ0) is 38.9. The Bertz CT molecular complexity index is 2150. The molecule has 2 aromatic heterocycles. The van der Waals surface area contributed by atoms with E-state index >= 15 is 0 Å². The predicted molar refractivity (Wildman–Crippen MR) is 216 cm³/mol. The van der Waals surface area contributed by atoms with E-state index < -0.39 is 11.2 Å². The number of hydrogen-bond donors (Lipinski definition) is 0. The van der Waals surface area contributed by atoms with Gasteiger partial charge in [0.25, 0.3) is 0 Å². The number of rotatable bonds is 10. The summed E-state index contributed by atoms with van der Waals surface area (Å²) in [5.74, 6) is 0.525. The predicted octanol–water partition coefficient (Wildman–Crippen LogP) is 8.64. The zero-order valence-electron chi connectivity index (χ0n) is 33.8. The highest BCUT2D eigenvalue weighted by atomic mass is 16.6. The van der Waals surface area contributed by atoms with Gasteiger partial charge in [0.2, 0.25) is 0 Å². The van der Waals surface area contributed by atoms with Gasteiger partial charge in [0, 0.05) is 73.9 Å². The van der Waals surface area contributed by atoms with Gasteiger partial charge in [0.05, 0.1) is 17.8 Å². The quantitative estimate of drug-likeness (QED) is 0.105. The van der Waals surface area contributed by atoms with Gasteiger partial charge < -0.3 is 23.7 Å². The molecular formula is C44H57N5O5. The van der Waals surface area contributed by atoms with Gasteiger partial charge in [-0.05, 0) is 97.7 Å². The Labute approximate surface area is 320 Å². The number of aryl methyl sites for hydroxylation is 4. The van der Waals surface area contributed by atoms with Crippen LogP contribution >= 0.6 is 0 Å². The van der Waals surface area contributed by atoms with Crippen LogP contribution in [-0.4, -0.2) is 86.7 Å². The number of nitrogens with zero attached hydrogens (tertiary/aromatic N) is 5. The average Bonchev–Trinajstić information content (AvgIpc) is 3.55. The lowest BCUT2D eigenvalue weighted by atomic mass is 9.94. The summed E-state index contributed by atoms with van der Waals surface area (Å²) in [6.45, 7) is 22.1. The van der Waals surface area contributed by atoms with Crippen LogP contribution in [0.25, 0.3) is 32.8 Å². The number of hydrogen-bond acceptors (Lipinski definition) is 7. The molecule has 1 amide bonds. The highest BCUT2D eigenvalue weighted by Gasteiger charge is 2.31. The van der Waals surface area contributed by atoms with Crippen molar-refractivity contribution in [3.63, 3.8) is 0 Å². The first-order valence-corrected chi connectivity index (χ1v) is 19.2. The van der Waals surface area contributed by atoms with E-state index in [-0.39, 0.29) is 12.1 Å². The van der Waals surface area contributed by atoms with E-state index in [1.807, 2.05) is 77.5 Å². The van der Waals surface area contributed by atoms with Crippen LogP contribution in [0.1, 0.15) is 81.0 Å². The highest BCUT2D eigenvalue weighted by molar-refractivity contribution is 6.06. The Kier molecular flexibility index (Phi) is 11.2. The summed E-state index contributed by atoms with van der Waals surface area (Å²) >= 11 is 0. The molecule has 1 saturated heterocycles. The summed E-state index contributed by atoms with van der Waals surface area (Å²) in [4.78, 5) is 31.4. The van der Waals surface area contributed by atoms with Gasteiger partial charge in [0.1, 0.15) is 22.6 Å². The molecule has 0 saturated carbocycles. The minimum absolute atomic E-state index is 0.276. The van der Waals surface area contributed by atoms with Crippen LogP contribution in [0, 0.1) is 20.8 Å². The summed E-state index contributed by atoms with van der Waals surface area (Å²) in [7, 11) is 1.98. The van der Waals surface area contributed by atoms with Crippen LogP contribution in [0.15, 0.2) is 54.6 Å². The first-order valence-electron chi connectivity index (χ1n) is 19.2. The normalized spacial score (nSPS) is 14.2. The van der Waals surface area contributed by atoms with Gasteiger partial charge >= 0.3 is 12.1 Å². The van der Waals surface area contributed by atoms with Gasteiger partial charge in [0.15, 0.2) is 0 Å². The molecule has 288 valence electrons. The fraction of sp³-hybridized carbons (Fsp3) is 0.477. The second-order valence-electron chi connectivity index (χ2n) is 16.5. The second kappa shape index (κ2) is 15.5. The van der Waals surface area contributed by atoms with Gasteiger partial charge in [-0.15, -0.1) is 0 Å². The fourth-order valence-corrected chi connectivity index (χ4v) is 7.58. The maximum atomic E-state index is 14.5. The van der Waals surface area contributed by atoms with Crippen LogP contribution in [-0.2, 0) is 29.5 Å². The standard InChI is InChI=1S/C44H57N5O5/c1-29-20-21-35-34(18-14-28-52-36-19-13-16-32-15-11-12-17-33(32)36)40(41(50)53-43(4,5)6)49(39(35)37(29)38-30(2)45-46(10)31(38)3)27-24-47-22-25-48(26-23-47)42(51)54-44(7,8)9/h11-13,15-17,19-21H,14,18,22-28H2,1-10H3. The lowest BCUT2D eigenvalue weighted by Crippen LogP contribution is -2.50. The third-order valence-corrected chi connectivity index (χ3v) is 10.1. The van der Waals surface area contributed by atoms with E-state index in [9.17, 15) is 9.59 Å². The topological polar surface area (TPSA) is 91.1 Å². The number of benzene rings is 3. The van der Waals surface area contributed by atoms with Crippen molar-refractivity contribution in [1.29, 1.82) is 0 Å². The van der Waals surface area contributed by atoms with E-state index in [0.29, 0.717) is 64.4 Å². The highest BCUT2D eigenvalue weighted by Crippen LogP contribution is 2.40. The molecule has 0 atom stereocenters. The van der Waals surface area contributed by atoms with E-state index in [1.54, 1.807) is 4.90 Å². The van der Waals surface area contributed by atoms with Gasteiger partial charge in [-0.1, -0.05) is 48.5 Å². The number of amides is 1. The number of ether oxygens (including phenoxy) is 3. The molecule has 3 aromatic carbocycles. The minimum atomic E-state index is -0.680. The monoisotopic (exact) mass is 735 g/mol. The van der Waals surface area contributed by atoms with Crippen molar-refractivity contribution in [2.75, 3.05) is 39.3 Å². The number of esters is 1. The first kappa shape index (κ1) is 38.9. The largest absolute Gasteiger partial charge is 0.493 e. The van der Waals surface area contributed by atoms with Crippen LogP contribution in [0.4, 0.5) is 4.79 Å². The molecule has 1 fully saturated rings. The zero-order valence-corrected chi connectivity index (χ0v) is 33.8. The number of carbonyl (C=O) groups is 2. The molecule has 10 heteroatoms. The summed E-state index contributed by atoms with van der Waals surface area (Å²) in [5.41, 5.74) is 6.67. The molecule has 54 heavy (non-hydrogen) atoms. The van der Waals surface area contributed by atoms with Crippen LogP contribution in [0.5, 0.6) is 5.75 Å². The molecular weight excluding hydrogens is 679 g/mol. The van der Waals surface area contributed by atoms with E-state index in [0.717, 1.165) is 61.1 Å². The molecule has 10 nitrogen and oxygen atoms in total. The number of fused-ring (bicyclic) bond motifs is 2. The number of aromatic nitrogens is 3. The Morgan fingerprint density at radius 1 is 0.778 bits per heavy atom. The Hall–Kier alpha value is -4.83. The van der Waals surface area contributed by atoms with Crippen molar-refractivity contribution in [2.24, 2.45) is 7.05 Å². The summed E-state index contributed by atoms with van der Waals surface area (Å²) in [6.07, 6.45) is 1.06. The van der Waals surface area contributed by atoms with Gasteiger partial charge in [-0.25, -0.2) is 9.59 Å². The molecule has 0 aliphatic carbocycles. The van der Waals surface area contributed by atoms with Crippen molar-refractivity contribution in [1.82, 2.24) is 24.1 Å². The summed E-state index contributed by atoms with van der Waals surface area (Å²) in [6, 6.07) is 18.7. The SMILES string of the molecule is Cc1ccc2c(CCCOc3cccc4ccccc34)c(C(=O)OC(C)(C)C)n(CCN3CCN(C(=O)OC(C)(C)C)CC3)c2c1-c1c(C)nn(C)c1C. The Morgan fingerprint density at radius 3 is 2.13 bits per heavy atom. The molecule has 0 spiro atoms. The maximum Gasteiger partial charge on any atom is 0.410 e. The van der Waals surface area contributed by atoms with Crippen molar-refractivity contribution in [3.8, 4) is 16.9 Å². The molecule has 6 rings (SSSR count). The van der Waals surface area contributed by atoms with Crippen LogP contribution < -0.4 is 4.74 Å². The third-order valence-electron chi connectivity index (χ3n) is 10.1. The Balaban J connectivity index is 1.38. The van der Waals surface area contributed by atoms with E-state index in [1.165, 1.54) is 0 Å². The average molecular weight is 736 g/mol. The van der Waals surface area contributed by atoms with Crippen LogP contribution in [0.2, 0.25) is 0 Å². The van der Waals surface area contributed by atoms with Crippen molar-refractivity contribution in [2.45, 2.75) is 92.9 Å². The number of piperazine rings is 1. The van der Waals surface area contributed by atoms with E-state index in [4.69, 9.17) is 19.3 Å². The molecule has 3 heterocycles. The first-order chi connectivity index (χ1) is 25.5. The maximum absolute atomic E-state index is 14.5. The van der Waals surface area contributed by atoms with Crippen molar-refractivity contribution < 1.29 is 23.8 Å². The molecule has 0 radical (unpaired) electrons. The van der Waals surface area contributed by atoms with Crippen LogP contribution in [0.3, 0.4) is 0 Å². The Morgan fingerprint density at radius 2 is 1.46 bits per heavy atom. The molecule has 0 N–H and O–H groups in total. The molecule has 0 unspecified atom stereocenters. The van der Waals surface area contributed by atoms with E-state index in [2.05, 4.69) is 60.6 Å². The summed E-state index contributed by atoms with van der Waals surface area (Å²) < 4.78 is 22.3. The van der Waals surface area contributed by atoms with Crippen molar-refractivity contribution >= 4 is 33.7 Å². The van der Waals surface area contributed by atoms with Crippen molar-refractivity contribution in [3.05, 3.63) is 82.8 Å². The van der Waals surface area contributed by atoms with Gasteiger partial charge in [-0.3, -0.25) is 9.58 Å². The fourth-order valence-electron chi connectivity index (χ4n) is 7.58. The lowest BCUT2D eigenvalue weighted by molar-refractivity contribution is 0.00509. The molecule has 0 bridgehead atoms. The molecule has 1 aliphatic rings. The second-order valence-corrected chi connectivity index (χ2v) is 16.5. The number of carbonyl (C=O) groups excluding carboxylic acids is 2. The molecule has 1 aliphatic heterocycles.